The molecule has 2 nitrogen and oxygen atoms in total. The molecule has 2 unspecified atom stereocenters. The molecule has 2 heteroatoms. The zero-order valence-electron chi connectivity index (χ0n) is 9.28. The van der Waals surface area contributed by atoms with Gasteiger partial charge in [0, 0.05) is 18.6 Å². The number of piperidine rings is 2. The van der Waals surface area contributed by atoms with Gasteiger partial charge in [-0.25, -0.2) is 0 Å². The van der Waals surface area contributed by atoms with Crippen molar-refractivity contribution < 1.29 is 0 Å². The Balaban J connectivity index is 1.61. The first-order chi connectivity index (χ1) is 6.83. The van der Waals surface area contributed by atoms with E-state index in [1.54, 1.807) is 0 Å². The summed E-state index contributed by atoms with van der Waals surface area (Å²) in [5.41, 5.74) is 0. The fourth-order valence-electron chi connectivity index (χ4n) is 3.74. The number of hydrogen-bond donors (Lipinski definition) is 0. The molecule has 0 amide bonds. The van der Waals surface area contributed by atoms with Gasteiger partial charge >= 0.3 is 0 Å². The summed E-state index contributed by atoms with van der Waals surface area (Å²) < 4.78 is 0. The molecule has 0 aromatic rings. The van der Waals surface area contributed by atoms with E-state index >= 15 is 0 Å². The Hall–Kier alpha value is -0.0800. The highest BCUT2D eigenvalue weighted by atomic mass is 15.2. The molecule has 2 bridgehead atoms. The normalized spacial score (nSPS) is 40.9. The third-order valence-corrected chi connectivity index (χ3v) is 4.61. The molecule has 2 saturated heterocycles. The van der Waals surface area contributed by atoms with Crippen LogP contribution in [0.2, 0.25) is 0 Å². The van der Waals surface area contributed by atoms with Gasteiger partial charge in [0.15, 0.2) is 0 Å². The zero-order chi connectivity index (χ0) is 9.54. The molecule has 2 heterocycles. The van der Waals surface area contributed by atoms with Crippen molar-refractivity contribution in [3.05, 3.63) is 0 Å². The SMILES string of the molecule is CN1CCC(N2CC3CCC2C3)CC1. The molecule has 0 N–H and O–H groups in total. The zero-order valence-corrected chi connectivity index (χ0v) is 9.28. The van der Waals surface area contributed by atoms with Gasteiger partial charge in [-0.05, 0) is 58.2 Å². The predicted octanol–water partition coefficient (Wildman–Crippen LogP) is 1.56. The van der Waals surface area contributed by atoms with Gasteiger partial charge in [-0.2, -0.15) is 0 Å². The van der Waals surface area contributed by atoms with E-state index in [2.05, 4.69) is 16.8 Å². The van der Waals surface area contributed by atoms with Gasteiger partial charge in [-0.15, -0.1) is 0 Å². The van der Waals surface area contributed by atoms with Crippen LogP contribution in [-0.4, -0.2) is 48.6 Å². The van der Waals surface area contributed by atoms with E-state index in [0.717, 1.165) is 18.0 Å². The van der Waals surface area contributed by atoms with Crippen LogP contribution in [0.1, 0.15) is 32.1 Å². The van der Waals surface area contributed by atoms with E-state index in [9.17, 15) is 0 Å². The summed E-state index contributed by atoms with van der Waals surface area (Å²) in [6.45, 7) is 4.07. The van der Waals surface area contributed by atoms with Gasteiger partial charge < -0.3 is 4.90 Å². The number of rotatable bonds is 1. The lowest BCUT2D eigenvalue weighted by molar-refractivity contribution is 0.0928. The summed E-state index contributed by atoms with van der Waals surface area (Å²) in [7, 11) is 2.26. The molecule has 0 aromatic carbocycles. The van der Waals surface area contributed by atoms with Crippen LogP contribution in [0.4, 0.5) is 0 Å². The minimum absolute atomic E-state index is 0.932. The molecule has 0 radical (unpaired) electrons. The van der Waals surface area contributed by atoms with Crippen molar-refractivity contribution in [2.24, 2.45) is 5.92 Å². The molecule has 0 aromatic heterocycles. The van der Waals surface area contributed by atoms with Crippen molar-refractivity contribution in [2.45, 2.75) is 44.2 Å². The molecule has 2 aliphatic heterocycles. The summed E-state index contributed by atoms with van der Waals surface area (Å²) in [5, 5.41) is 0. The lowest BCUT2D eigenvalue weighted by atomic mass is 10.0. The van der Waals surface area contributed by atoms with Crippen LogP contribution in [-0.2, 0) is 0 Å². The average molecular weight is 194 g/mol. The molecule has 3 fully saturated rings. The summed E-state index contributed by atoms with van der Waals surface area (Å²) in [6, 6.07) is 1.91. The second kappa shape index (κ2) is 3.49. The van der Waals surface area contributed by atoms with Gasteiger partial charge in [0.1, 0.15) is 0 Å². The molecule has 1 saturated carbocycles. The lowest BCUT2D eigenvalue weighted by Gasteiger charge is -2.39. The van der Waals surface area contributed by atoms with Crippen LogP contribution in [0.15, 0.2) is 0 Å². The Bertz CT molecular complexity index is 208. The maximum Gasteiger partial charge on any atom is 0.0123 e. The highest BCUT2D eigenvalue weighted by Crippen LogP contribution is 2.39. The van der Waals surface area contributed by atoms with E-state index in [-0.39, 0.29) is 0 Å². The van der Waals surface area contributed by atoms with Crippen LogP contribution >= 0.6 is 0 Å². The monoisotopic (exact) mass is 194 g/mol. The maximum absolute atomic E-state index is 2.85. The summed E-state index contributed by atoms with van der Waals surface area (Å²) in [5.74, 6) is 1.07. The molecule has 2 atom stereocenters. The van der Waals surface area contributed by atoms with E-state index < -0.39 is 0 Å². The molecule has 14 heavy (non-hydrogen) atoms. The van der Waals surface area contributed by atoms with Crippen molar-refractivity contribution >= 4 is 0 Å². The topological polar surface area (TPSA) is 6.48 Å². The third kappa shape index (κ3) is 1.49. The van der Waals surface area contributed by atoms with Crippen molar-refractivity contribution in [3.8, 4) is 0 Å². The third-order valence-electron chi connectivity index (χ3n) is 4.61. The van der Waals surface area contributed by atoms with Gasteiger partial charge in [0.25, 0.3) is 0 Å². The predicted molar refractivity (Wildman–Crippen MR) is 58.4 cm³/mol. The first kappa shape index (κ1) is 9.17. The summed E-state index contributed by atoms with van der Waals surface area (Å²) >= 11 is 0. The molecule has 3 aliphatic rings. The number of nitrogens with zero attached hydrogens (tertiary/aromatic N) is 2. The fraction of sp³-hybridized carbons (Fsp3) is 1.00. The van der Waals surface area contributed by atoms with Crippen LogP contribution in [0.25, 0.3) is 0 Å². The number of hydrogen-bond acceptors (Lipinski definition) is 2. The molecule has 3 rings (SSSR count). The van der Waals surface area contributed by atoms with Gasteiger partial charge in [0.2, 0.25) is 0 Å². The Morgan fingerprint density at radius 1 is 0.929 bits per heavy atom. The fourth-order valence-corrected chi connectivity index (χ4v) is 3.74. The second-order valence-corrected chi connectivity index (χ2v) is 5.56. The van der Waals surface area contributed by atoms with E-state index in [0.29, 0.717) is 0 Å². The molecular weight excluding hydrogens is 172 g/mol. The standard InChI is InChI=1S/C12H22N2/c1-13-6-4-11(5-7-13)14-9-10-2-3-12(14)8-10/h10-12H,2-9H2,1H3. The summed E-state index contributed by atoms with van der Waals surface area (Å²) in [4.78, 5) is 5.33. The maximum atomic E-state index is 2.85. The van der Waals surface area contributed by atoms with Crippen LogP contribution in [0.5, 0.6) is 0 Å². The smallest absolute Gasteiger partial charge is 0.0123 e. The Morgan fingerprint density at radius 2 is 1.71 bits per heavy atom. The summed E-state index contributed by atoms with van der Waals surface area (Å²) in [6.07, 6.45) is 7.37. The molecular formula is C12H22N2. The highest BCUT2D eigenvalue weighted by molar-refractivity contribution is 4.96. The van der Waals surface area contributed by atoms with Gasteiger partial charge in [-0.1, -0.05) is 0 Å². The van der Waals surface area contributed by atoms with Crippen LogP contribution < -0.4 is 0 Å². The average Bonchev–Trinajstić information content (AvgIpc) is 2.80. The quantitative estimate of drug-likeness (QED) is 0.625. The number of fused-ring (bicyclic) bond motifs is 2. The van der Waals surface area contributed by atoms with Crippen LogP contribution in [0.3, 0.4) is 0 Å². The van der Waals surface area contributed by atoms with Crippen molar-refractivity contribution in [2.75, 3.05) is 26.7 Å². The van der Waals surface area contributed by atoms with Crippen molar-refractivity contribution in [3.63, 3.8) is 0 Å². The second-order valence-electron chi connectivity index (χ2n) is 5.56. The molecule has 0 spiro atoms. The van der Waals surface area contributed by atoms with Crippen LogP contribution in [0, 0.1) is 5.92 Å². The Kier molecular flexibility index (Phi) is 2.29. The minimum atomic E-state index is 0.932. The molecule has 1 aliphatic carbocycles. The molecule has 80 valence electrons. The van der Waals surface area contributed by atoms with Crippen molar-refractivity contribution in [1.29, 1.82) is 0 Å². The first-order valence-corrected chi connectivity index (χ1v) is 6.27. The highest BCUT2D eigenvalue weighted by Gasteiger charge is 2.41. The number of likely N-dealkylation sites (tertiary alicyclic amines) is 2. The minimum Gasteiger partial charge on any atom is -0.306 e. The first-order valence-electron chi connectivity index (χ1n) is 6.27. The van der Waals surface area contributed by atoms with E-state index in [1.807, 2.05) is 0 Å². The Morgan fingerprint density at radius 3 is 2.29 bits per heavy atom. The largest absolute Gasteiger partial charge is 0.306 e. The van der Waals surface area contributed by atoms with E-state index in [1.165, 1.54) is 51.7 Å². The van der Waals surface area contributed by atoms with Gasteiger partial charge in [-0.3, -0.25) is 4.90 Å². The Labute approximate surface area is 87.3 Å². The van der Waals surface area contributed by atoms with Crippen molar-refractivity contribution in [1.82, 2.24) is 9.80 Å². The van der Waals surface area contributed by atoms with Gasteiger partial charge in [0.05, 0.1) is 0 Å². The lowest BCUT2D eigenvalue weighted by Crippen LogP contribution is -2.46. The van der Waals surface area contributed by atoms with E-state index in [4.69, 9.17) is 0 Å².